The first kappa shape index (κ1) is 15.3. The highest BCUT2D eigenvalue weighted by atomic mass is 35.5. The smallest absolute Gasteiger partial charge is 0.123 e. The summed E-state index contributed by atoms with van der Waals surface area (Å²) in [6.45, 7) is 1.96. The van der Waals surface area contributed by atoms with Crippen LogP contribution >= 0.6 is 23.2 Å². The lowest BCUT2D eigenvalue weighted by Gasteiger charge is -2.18. The second kappa shape index (κ2) is 6.55. The lowest BCUT2D eigenvalue weighted by Crippen LogP contribution is -2.29. The highest BCUT2D eigenvalue weighted by molar-refractivity contribution is 6.31. The van der Waals surface area contributed by atoms with Gasteiger partial charge in [-0.1, -0.05) is 29.3 Å². The maximum absolute atomic E-state index is 13.3. The number of rotatable bonds is 4. The molecule has 0 fully saturated rings. The molecule has 0 amide bonds. The zero-order valence-electron chi connectivity index (χ0n) is 11.0. The van der Waals surface area contributed by atoms with Crippen LogP contribution in [-0.2, 0) is 6.42 Å². The Labute approximate surface area is 127 Å². The summed E-state index contributed by atoms with van der Waals surface area (Å²) in [5.74, 6) is 5.29. The second-order valence-corrected chi connectivity index (χ2v) is 5.56. The van der Waals surface area contributed by atoms with Crippen LogP contribution in [0.15, 0.2) is 36.4 Å². The number of nitrogens with two attached hydrogens (primary N) is 1. The maximum Gasteiger partial charge on any atom is 0.123 e. The third-order valence-electron chi connectivity index (χ3n) is 3.10. The van der Waals surface area contributed by atoms with Gasteiger partial charge < -0.3 is 0 Å². The molecular formula is C15H15Cl2FN2. The molecule has 2 aromatic rings. The Morgan fingerprint density at radius 1 is 1.20 bits per heavy atom. The molecule has 2 nitrogen and oxygen atoms in total. The van der Waals surface area contributed by atoms with E-state index in [2.05, 4.69) is 5.43 Å². The summed E-state index contributed by atoms with van der Waals surface area (Å²) < 4.78 is 13.3. The summed E-state index contributed by atoms with van der Waals surface area (Å²) in [7, 11) is 0. The fourth-order valence-corrected chi connectivity index (χ4v) is 2.65. The quantitative estimate of drug-likeness (QED) is 0.656. The van der Waals surface area contributed by atoms with Gasteiger partial charge in [0, 0.05) is 10.0 Å². The molecule has 2 aromatic carbocycles. The Balaban J connectivity index is 2.30. The topological polar surface area (TPSA) is 38.0 Å². The van der Waals surface area contributed by atoms with Gasteiger partial charge in [0.05, 0.1) is 6.04 Å². The highest BCUT2D eigenvalue weighted by Gasteiger charge is 2.14. The summed E-state index contributed by atoms with van der Waals surface area (Å²) in [5.41, 5.74) is 5.41. The van der Waals surface area contributed by atoms with Crippen LogP contribution in [-0.4, -0.2) is 0 Å². The fourth-order valence-electron chi connectivity index (χ4n) is 2.16. The standard InChI is InChI=1S/C15H15Cl2FN2/c1-9-4-11(6-12(16)5-9)15(20-19)8-10-7-13(18)2-3-14(10)17/h2-7,15,20H,8,19H2,1H3. The molecule has 0 aliphatic heterocycles. The van der Waals surface area contributed by atoms with E-state index < -0.39 is 0 Å². The molecule has 2 rings (SSSR count). The normalized spacial score (nSPS) is 12.4. The van der Waals surface area contributed by atoms with Gasteiger partial charge in [-0.2, -0.15) is 0 Å². The Morgan fingerprint density at radius 3 is 2.60 bits per heavy atom. The van der Waals surface area contributed by atoms with Crippen molar-refractivity contribution >= 4 is 23.2 Å². The van der Waals surface area contributed by atoms with Crippen molar-refractivity contribution in [2.24, 2.45) is 5.84 Å². The highest BCUT2D eigenvalue weighted by Crippen LogP contribution is 2.26. The van der Waals surface area contributed by atoms with E-state index in [-0.39, 0.29) is 11.9 Å². The first-order valence-corrected chi connectivity index (χ1v) is 6.92. The number of hydrogen-bond acceptors (Lipinski definition) is 2. The minimum atomic E-state index is -0.317. The first-order valence-electron chi connectivity index (χ1n) is 6.16. The van der Waals surface area contributed by atoms with Gasteiger partial charge in [-0.05, 0) is 60.4 Å². The molecule has 0 radical (unpaired) electrons. The van der Waals surface area contributed by atoms with Crippen molar-refractivity contribution in [3.05, 3.63) is 69.0 Å². The third kappa shape index (κ3) is 3.70. The van der Waals surface area contributed by atoms with Crippen molar-refractivity contribution in [2.45, 2.75) is 19.4 Å². The van der Waals surface area contributed by atoms with Crippen LogP contribution in [0.3, 0.4) is 0 Å². The molecule has 0 saturated carbocycles. The SMILES string of the molecule is Cc1cc(Cl)cc(C(Cc2cc(F)ccc2Cl)NN)c1. The molecule has 0 spiro atoms. The Morgan fingerprint density at radius 2 is 1.95 bits per heavy atom. The number of benzene rings is 2. The fraction of sp³-hybridized carbons (Fsp3) is 0.200. The number of hydrazine groups is 1. The van der Waals surface area contributed by atoms with Crippen molar-refractivity contribution in [1.29, 1.82) is 0 Å². The first-order chi connectivity index (χ1) is 9.49. The number of halogens is 3. The Bertz CT molecular complexity index is 597. The van der Waals surface area contributed by atoms with Crippen LogP contribution in [0, 0.1) is 12.7 Å². The number of aryl methyl sites for hydroxylation is 1. The van der Waals surface area contributed by atoms with Crippen molar-refractivity contribution in [2.75, 3.05) is 0 Å². The predicted octanol–water partition coefficient (Wildman–Crippen LogP) is 4.19. The van der Waals surface area contributed by atoms with Gasteiger partial charge in [-0.3, -0.25) is 11.3 Å². The van der Waals surface area contributed by atoms with Crippen LogP contribution in [0.5, 0.6) is 0 Å². The van der Waals surface area contributed by atoms with E-state index in [1.165, 1.54) is 12.1 Å². The van der Waals surface area contributed by atoms with Gasteiger partial charge in [-0.25, -0.2) is 4.39 Å². The molecule has 106 valence electrons. The summed E-state index contributed by atoms with van der Waals surface area (Å²) in [6.07, 6.45) is 0.479. The van der Waals surface area contributed by atoms with Gasteiger partial charge in [-0.15, -0.1) is 0 Å². The average Bonchev–Trinajstić information content (AvgIpc) is 2.38. The molecule has 3 N–H and O–H groups in total. The molecule has 0 aliphatic carbocycles. The van der Waals surface area contributed by atoms with Gasteiger partial charge in [0.1, 0.15) is 5.82 Å². The monoisotopic (exact) mass is 312 g/mol. The minimum Gasteiger partial charge on any atom is -0.271 e. The summed E-state index contributed by atoms with van der Waals surface area (Å²) in [6, 6.07) is 9.81. The zero-order valence-corrected chi connectivity index (χ0v) is 12.5. The van der Waals surface area contributed by atoms with E-state index in [0.29, 0.717) is 22.0 Å². The van der Waals surface area contributed by atoms with Crippen LogP contribution < -0.4 is 11.3 Å². The average molecular weight is 313 g/mol. The van der Waals surface area contributed by atoms with Crippen LogP contribution in [0.2, 0.25) is 10.0 Å². The van der Waals surface area contributed by atoms with Crippen molar-refractivity contribution in [3.63, 3.8) is 0 Å². The number of nitrogens with one attached hydrogen (secondary N) is 1. The summed E-state index contributed by atoms with van der Waals surface area (Å²) in [5, 5.41) is 1.16. The second-order valence-electron chi connectivity index (χ2n) is 4.72. The zero-order chi connectivity index (χ0) is 14.7. The molecule has 0 heterocycles. The van der Waals surface area contributed by atoms with E-state index in [9.17, 15) is 4.39 Å². The van der Waals surface area contributed by atoms with Crippen LogP contribution in [0.25, 0.3) is 0 Å². The van der Waals surface area contributed by atoms with E-state index in [0.717, 1.165) is 11.1 Å². The van der Waals surface area contributed by atoms with E-state index in [1.807, 2.05) is 25.1 Å². The van der Waals surface area contributed by atoms with E-state index >= 15 is 0 Å². The summed E-state index contributed by atoms with van der Waals surface area (Å²) in [4.78, 5) is 0. The summed E-state index contributed by atoms with van der Waals surface area (Å²) >= 11 is 12.1. The molecule has 20 heavy (non-hydrogen) atoms. The van der Waals surface area contributed by atoms with Gasteiger partial charge >= 0.3 is 0 Å². The predicted molar refractivity (Wildman–Crippen MR) is 81.4 cm³/mol. The molecule has 1 atom stereocenters. The molecule has 0 bridgehead atoms. The minimum absolute atomic E-state index is 0.188. The molecule has 0 aromatic heterocycles. The molecular weight excluding hydrogens is 298 g/mol. The van der Waals surface area contributed by atoms with Crippen LogP contribution in [0.1, 0.15) is 22.7 Å². The van der Waals surface area contributed by atoms with Gasteiger partial charge in [0.2, 0.25) is 0 Å². The van der Waals surface area contributed by atoms with E-state index in [1.54, 1.807) is 6.07 Å². The van der Waals surface area contributed by atoms with Crippen molar-refractivity contribution in [3.8, 4) is 0 Å². The number of hydrogen-bond donors (Lipinski definition) is 2. The maximum atomic E-state index is 13.3. The molecule has 0 saturated heterocycles. The van der Waals surface area contributed by atoms with Gasteiger partial charge in [0.25, 0.3) is 0 Å². The third-order valence-corrected chi connectivity index (χ3v) is 3.69. The molecule has 1 unspecified atom stereocenters. The molecule has 5 heteroatoms. The van der Waals surface area contributed by atoms with Gasteiger partial charge in [0.15, 0.2) is 0 Å². The van der Waals surface area contributed by atoms with Crippen molar-refractivity contribution < 1.29 is 4.39 Å². The van der Waals surface area contributed by atoms with Crippen LogP contribution in [0.4, 0.5) is 4.39 Å². The Kier molecular flexibility index (Phi) is 5.00. The molecule has 0 aliphatic rings. The van der Waals surface area contributed by atoms with Crippen molar-refractivity contribution in [1.82, 2.24) is 5.43 Å². The largest absolute Gasteiger partial charge is 0.271 e. The lowest BCUT2D eigenvalue weighted by atomic mass is 9.98. The Hall–Kier alpha value is -1.13. The lowest BCUT2D eigenvalue weighted by molar-refractivity contribution is 0.548. The van der Waals surface area contributed by atoms with E-state index in [4.69, 9.17) is 29.0 Å².